The van der Waals surface area contributed by atoms with E-state index in [1.807, 2.05) is 18.7 Å². The molecule has 1 aliphatic rings. The van der Waals surface area contributed by atoms with E-state index in [-0.39, 0.29) is 0 Å². The van der Waals surface area contributed by atoms with Crippen molar-refractivity contribution in [3.05, 3.63) is 11.5 Å². The molecule has 3 nitrogen and oxygen atoms in total. The minimum atomic E-state index is 0.589. The van der Waals surface area contributed by atoms with E-state index in [0.717, 1.165) is 23.9 Å². The Balaban J connectivity index is 2.33. The summed E-state index contributed by atoms with van der Waals surface area (Å²) in [4.78, 5) is 4.59. The zero-order valence-corrected chi connectivity index (χ0v) is 9.60. The van der Waals surface area contributed by atoms with Crippen LogP contribution in [0.25, 0.3) is 0 Å². The van der Waals surface area contributed by atoms with Crippen LogP contribution in [-0.4, -0.2) is 21.1 Å². The first-order valence-corrected chi connectivity index (χ1v) is 6.29. The fourth-order valence-corrected chi connectivity index (χ4v) is 3.28. The van der Waals surface area contributed by atoms with Crippen molar-refractivity contribution in [3.63, 3.8) is 0 Å². The topological polar surface area (TPSA) is 43.8 Å². The summed E-state index contributed by atoms with van der Waals surface area (Å²) in [6.07, 6.45) is 1.23. The lowest BCUT2D eigenvalue weighted by Gasteiger charge is -2.07. The monoisotopic (exact) mass is 211 g/mol. The molecule has 1 aliphatic heterocycles. The SMILES string of the molecule is CCn1c(C)nc(C2CCSC2)c1N. The molecule has 1 saturated heterocycles. The molecule has 0 saturated carbocycles. The Hall–Kier alpha value is -0.640. The van der Waals surface area contributed by atoms with E-state index in [1.165, 1.54) is 17.9 Å². The van der Waals surface area contributed by atoms with Crippen LogP contribution in [0.5, 0.6) is 0 Å². The fraction of sp³-hybridized carbons (Fsp3) is 0.700. The number of rotatable bonds is 2. The second-order valence-corrected chi connectivity index (χ2v) is 4.88. The highest BCUT2D eigenvalue weighted by molar-refractivity contribution is 7.99. The first-order valence-electron chi connectivity index (χ1n) is 5.14. The third-order valence-corrected chi connectivity index (χ3v) is 4.02. The number of nitrogens with two attached hydrogens (primary N) is 1. The zero-order chi connectivity index (χ0) is 10.1. The van der Waals surface area contributed by atoms with Gasteiger partial charge in [0.15, 0.2) is 0 Å². The van der Waals surface area contributed by atoms with Crippen molar-refractivity contribution in [1.82, 2.24) is 9.55 Å². The minimum absolute atomic E-state index is 0.589. The Kier molecular flexibility index (Phi) is 2.72. The Bertz CT molecular complexity index is 326. The summed E-state index contributed by atoms with van der Waals surface area (Å²) < 4.78 is 2.10. The molecule has 1 atom stereocenters. The van der Waals surface area contributed by atoms with Crippen molar-refractivity contribution in [1.29, 1.82) is 0 Å². The molecule has 14 heavy (non-hydrogen) atoms. The lowest BCUT2D eigenvalue weighted by Crippen LogP contribution is -2.05. The molecular weight excluding hydrogens is 194 g/mol. The fourth-order valence-electron chi connectivity index (χ4n) is 2.05. The molecule has 2 heterocycles. The molecule has 1 aromatic heterocycles. The van der Waals surface area contributed by atoms with E-state index in [0.29, 0.717) is 5.92 Å². The van der Waals surface area contributed by atoms with Gasteiger partial charge in [-0.2, -0.15) is 11.8 Å². The average Bonchev–Trinajstić information content (AvgIpc) is 2.74. The Morgan fingerprint density at radius 3 is 2.93 bits per heavy atom. The summed E-state index contributed by atoms with van der Waals surface area (Å²) in [6.45, 7) is 5.06. The summed E-state index contributed by atoms with van der Waals surface area (Å²) in [6, 6.07) is 0. The lowest BCUT2D eigenvalue weighted by molar-refractivity contribution is 0.739. The summed E-state index contributed by atoms with van der Waals surface area (Å²) in [7, 11) is 0. The molecular formula is C10H17N3S. The number of aromatic nitrogens is 2. The molecule has 1 fully saturated rings. The van der Waals surface area contributed by atoms with E-state index in [9.17, 15) is 0 Å². The van der Waals surface area contributed by atoms with Gasteiger partial charge >= 0.3 is 0 Å². The van der Waals surface area contributed by atoms with E-state index in [4.69, 9.17) is 5.73 Å². The van der Waals surface area contributed by atoms with Gasteiger partial charge in [-0.15, -0.1) is 0 Å². The largest absolute Gasteiger partial charge is 0.384 e. The Morgan fingerprint density at radius 1 is 1.64 bits per heavy atom. The zero-order valence-electron chi connectivity index (χ0n) is 8.79. The number of nitrogens with zero attached hydrogens (tertiary/aromatic N) is 2. The first-order chi connectivity index (χ1) is 6.74. The molecule has 1 aromatic rings. The van der Waals surface area contributed by atoms with Crippen molar-refractivity contribution >= 4 is 17.6 Å². The third-order valence-electron chi connectivity index (χ3n) is 2.86. The van der Waals surface area contributed by atoms with Crippen molar-refractivity contribution in [2.75, 3.05) is 17.2 Å². The number of nitrogen functional groups attached to an aromatic ring is 1. The van der Waals surface area contributed by atoms with Gasteiger partial charge in [0.05, 0.1) is 5.69 Å². The van der Waals surface area contributed by atoms with Crippen LogP contribution in [0.3, 0.4) is 0 Å². The van der Waals surface area contributed by atoms with Crippen molar-refractivity contribution in [2.24, 2.45) is 0 Å². The molecule has 0 amide bonds. The predicted molar refractivity (Wildman–Crippen MR) is 61.7 cm³/mol. The van der Waals surface area contributed by atoms with Gasteiger partial charge in [-0.1, -0.05) is 0 Å². The highest BCUT2D eigenvalue weighted by atomic mass is 32.2. The maximum absolute atomic E-state index is 6.09. The van der Waals surface area contributed by atoms with Crippen LogP contribution in [0.1, 0.15) is 30.8 Å². The van der Waals surface area contributed by atoms with Crippen LogP contribution in [0.2, 0.25) is 0 Å². The summed E-state index contributed by atoms with van der Waals surface area (Å²) in [5, 5.41) is 0. The summed E-state index contributed by atoms with van der Waals surface area (Å²) in [5.41, 5.74) is 7.22. The number of imidazole rings is 1. The number of anilines is 1. The van der Waals surface area contributed by atoms with E-state index in [2.05, 4.69) is 16.5 Å². The number of hydrogen-bond donors (Lipinski definition) is 1. The smallest absolute Gasteiger partial charge is 0.127 e. The molecule has 0 radical (unpaired) electrons. The lowest BCUT2D eigenvalue weighted by atomic mass is 10.1. The quantitative estimate of drug-likeness (QED) is 0.814. The van der Waals surface area contributed by atoms with Gasteiger partial charge in [-0.25, -0.2) is 4.98 Å². The van der Waals surface area contributed by atoms with E-state index in [1.54, 1.807) is 0 Å². The summed E-state index contributed by atoms with van der Waals surface area (Å²) >= 11 is 2.00. The molecule has 4 heteroatoms. The minimum Gasteiger partial charge on any atom is -0.384 e. The average molecular weight is 211 g/mol. The third kappa shape index (κ3) is 1.52. The Morgan fingerprint density at radius 2 is 2.43 bits per heavy atom. The molecule has 0 bridgehead atoms. The highest BCUT2D eigenvalue weighted by Gasteiger charge is 2.24. The van der Waals surface area contributed by atoms with Crippen LogP contribution < -0.4 is 5.73 Å². The van der Waals surface area contributed by atoms with Gasteiger partial charge in [0.1, 0.15) is 11.6 Å². The second kappa shape index (κ2) is 3.85. The molecule has 2 rings (SSSR count). The summed E-state index contributed by atoms with van der Waals surface area (Å²) in [5.74, 6) is 4.97. The van der Waals surface area contributed by atoms with E-state index < -0.39 is 0 Å². The second-order valence-electron chi connectivity index (χ2n) is 3.73. The van der Waals surface area contributed by atoms with Crippen LogP contribution >= 0.6 is 11.8 Å². The number of thioether (sulfide) groups is 1. The molecule has 1 unspecified atom stereocenters. The van der Waals surface area contributed by atoms with Gasteiger partial charge in [0.25, 0.3) is 0 Å². The van der Waals surface area contributed by atoms with Crippen molar-refractivity contribution in [2.45, 2.75) is 32.7 Å². The predicted octanol–water partition coefficient (Wildman–Crippen LogP) is 2.01. The maximum Gasteiger partial charge on any atom is 0.127 e. The number of aryl methyl sites for hydroxylation is 1. The van der Waals surface area contributed by atoms with Crippen LogP contribution in [0, 0.1) is 6.92 Å². The van der Waals surface area contributed by atoms with Gasteiger partial charge in [-0.05, 0) is 26.0 Å². The van der Waals surface area contributed by atoms with Gasteiger partial charge in [0.2, 0.25) is 0 Å². The maximum atomic E-state index is 6.09. The molecule has 2 N–H and O–H groups in total. The molecule has 0 spiro atoms. The molecule has 0 aliphatic carbocycles. The van der Waals surface area contributed by atoms with Crippen LogP contribution in [0.4, 0.5) is 5.82 Å². The molecule has 0 aromatic carbocycles. The first kappa shape index (κ1) is 9.90. The number of hydrogen-bond acceptors (Lipinski definition) is 3. The Labute approximate surface area is 89.1 Å². The van der Waals surface area contributed by atoms with Gasteiger partial charge < -0.3 is 10.3 Å². The van der Waals surface area contributed by atoms with E-state index >= 15 is 0 Å². The van der Waals surface area contributed by atoms with Crippen molar-refractivity contribution in [3.8, 4) is 0 Å². The van der Waals surface area contributed by atoms with Crippen molar-refractivity contribution < 1.29 is 0 Å². The van der Waals surface area contributed by atoms with Gasteiger partial charge in [-0.3, -0.25) is 0 Å². The van der Waals surface area contributed by atoms with Gasteiger partial charge in [0, 0.05) is 18.2 Å². The molecule has 78 valence electrons. The van der Waals surface area contributed by atoms with Crippen LogP contribution in [-0.2, 0) is 6.54 Å². The normalized spacial score (nSPS) is 21.7. The standard InChI is InChI=1S/C10H17N3S/c1-3-13-7(2)12-9(10(13)11)8-4-5-14-6-8/h8H,3-6,11H2,1-2H3. The highest BCUT2D eigenvalue weighted by Crippen LogP contribution is 2.34. The van der Waals surface area contributed by atoms with Crippen LogP contribution in [0.15, 0.2) is 0 Å².